The number of aromatic nitrogens is 3. The first-order valence-electron chi connectivity index (χ1n) is 9.74. The molecule has 0 aliphatic rings. The number of alkyl halides is 3. The number of rotatable bonds is 10. The van der Waals surface area contributed by atoms with Gasteiger partial charge in [0.15, 0.2) is 0 Å². The van der Waals surface area contributed by atoms with Gasteiger partial charge in [0.1, 0.15) is 11.5 Å². The number of amides is 1. The molecule has 14 heteroatoms. The molecule has 3 aromatic rings. The molecule has 2 aromatic carbocycles. The maximum absolute atomic E-state index is 12.2. The number of thioether (sulfide) groups is 1. The van der Waals surface area contributed by atoms with Gasteiger partial charge in [0, 0.05) is 5.69 Å². The van der Waals surface area contributed by atoms with Crippen LogP contribution < -0.4 is 26.1 Å². The molecule has 0 saturated carbocycles. The molecule has 0 radical (unpaired) electrons. The van der Waals surface area contributed by atoms with Gasteiger partial charge in [-0.3, -0.25) is 4.79 Å². The van der Waals surface area contributed by atoms with Gasteiger partial charge >= 0.3 is 6.36 Å². The number of carbonyl (C=O) groups is 1. The molecule has 10 nitrogen and oxygen atoms in total. The topological polar surface area (TPSA) is 129 Å². The van der Waals surface area contributed by atoms with Crippen molar-refractivity contribution in [3.8, 4) is 11.5 Å². The molecule has 34 heavy (non-hydrogen) atoms. The Bertz CT molecular complexity index is 1120. The first-order valence-corrected chi connectivity index (χ1v) is 10.7. The summed E-state index contributed by atoms with van der Waals surface area (Å²) in [6, 6.07) is 12.1. The zero-order chi connectivity index (χ0) is 24.6. The average Bonchev–Trinajstić information content (AvgIpc) is 3.13. The van der Waals surface area contributed by atoms with E-state index in [1.165, 1.54) is 12.1 Å². The minimum Gasteiger partial charge on any atom is -0.494 e. The molecule has 4 N–H and O–H groups in total. The third kappa shape index (κ3) is 7.58. The highest BCUT2D eigenvalue weighted by atomic mass is 32.2. The SMILES string of the molecule is CCOc1ccc(/C=N/Nc2nnc(SCC(=O)Nc3ccc(OC(F)(F)F)cc3)n2N)cc1. The number of nitrogen functional groups attached to an aromatic ring is 1. The summed E-state index contributed by atoms with van der Waals surface area (Å²) in [4.78, 5) is 12.1. The lowest BCUT2D eigenvalue weighted by Crippen LogP contribution is -2.18. The smallest absolute Gasteiger partial charge is 0.494 e. The molecule has 0 bridgehead atoms. The minimum absolute atomic E-state index is 0.0639. The largest absolute Gasteiger partial charge is 0.573 e. The van der Waals surface area contributed by atoms with Crippen molar-refractivity contribution in [2.75, 3.05) is 28.9 Å². The predicted octanol–water partition coefficient (Wildman–Crippen LogP) is 3.47. The van der Waals surface area contributed by atoms with Crippen LogP contribution in [0.25, 0.3) is 0 Å². The average molecular weight is 495 g/mol. The Morgan fingerprint density at radius 2 is 1.82 bits per heavy atom. The van der Waals surface area contributed by atoms with E-state index >= 15 is 0 Å². The second kappa shape index (κ2) is 11.3. The van der Waals surface area contributed by atoms with Crippen LogP contribution in [0.15, 0.2) is 58.8 Å². The van der Waals surface area contributed by atoms with Crippen molar-refractivity contribution in [3.05, 3.63) is 54.1 Å². The minimum atomic E-state index is -4.78. The van der Waals surface area contributed by atoms with Gasteiger partial charge in [-0.1, -0.05) is 11.8 Å². The van der Waals surface area contributed by atoms with Gasteiger partial charge in [0.25, 0.3) is 5.95 Å². The molecular weight excluding hydrogens is 475 g/mol. The number of nitrogens with one attached hydrogen (secondary N) is 2. The van der Waals surface area contributed by atoms with Crippen LogP contribution in [0.4, 0.5) is 24.8 Å². The van der Waals surface area contributed by atoms with Crippen molar-refractivity contribution < 1.29 is 27.4 Å². The summed E-state index contributed by atoms with van der Waals surface area (Å²) >= 11 is 1.02. The molecule has 1 heterocycles. The van der Waals surface area contributed by atoms with Crippen molar-refractivity contribution in [2.24, 2.45) is 5.10 Å². The number of hydrogen-bond donors (Lipinski definition) is 3. The van der Waals surface area contributed by atoms with Crippen molar-refractivity contribution in [2.45, 2.75) is 18.4 Å². The predicted molar refractivity (Wildman–Crippen MR) is 121 cm³/mol. The van der Waals surface area contributed by atoms with Crippen LogP contribution in [0.5, 0.6) is 11.5 Å². The second-order valence-electron chi connectivity index (χ2n) is 6.46. The lowest BCUT2D eigenvalue weighted by Gasteiger charge is -2.09. The fourth-order valence-corrected chi connectivity index (χ4v) is 3.16. The van der Waals surface area contributed by atoms with E-state index in [0.29, 0.717) is 12.3 Å². The van der Waals surface area contributed by atoms with E-state index in [4.69, 9.17) is 10.6 Å². The third-order valence-electron chi connectivity index (χ3n) is 3.94. The summed E-state index contributed by atoms with van der Waals surface area (Å²) in [7, 11) is 0. The van der Waals surface area contributed by atoms with Gasteiger partial charge in [0.2, 0.25) is 11.1 Å². The highest BCUT2D eigenvalue weighted by Gasteiger charge is 2.30. The molecule has 0 aliphatic carbocycles. The Hall–Kier alpha value is -3.94. The summed E-state index contributed by atoms with van der Waals surface area (Å²) in [5.41, 5.74) is 3.80. The molecule has 1 aromatic heterocycles. The first-order chi connectivity index (χ1) is 16.2. The fourth-order valence-electron chi connectivity index (χ4n) is 2.50. The van der Waals surface area contributed by atoms with E-state index in [2.05, 4.69) is 30.8 Å². The maximum Gasteiger partial charge on any atom is 0.573 e. The Labute approximate surface area is 196 Å². The Morgan fingerprint density at radius 1 is 1.15 bits per heavy atom. The van der Waals surface area contributed by atoms with Gasteiger partial charge in [-0.15, -0.1) is 23.4 Å². The van der Waals surface area contributed by atoms with E-state index in [-0.39, 0.29) is 22.6 Å². The van der Waals surface area contributed by atoms with Crippen LogP contribution in [0, 0.1) is 0 Å². The van der Waals surface area contributed by atoms with E-state index in [1.54, 1.807) is 6.21 Å². The van der Waals surface area contributed by atoms with Gasteiger partial charge < -0.3 is 20.6 Å². The van der Waals surface area contributed by atoms with Crippen LogP contribution in [-0.4, -0.2) is 45.7 Å². The number of ether oxygens (including phenoxy) is 2. The number of benzene rings is 2. The number of carbonyl (C=O) groups excluding carboxylic acids is 1. The molecular formula is C20H20F3N7O3S. The van der Waals surface area contributed by atoms with E-state index in [1.807, 2.05) is 31.2 Å². The number of anilines is 2. The molecule has 0 saturated heterocycles. The fraction of sp³-hybridized carbons (Fsp3) is 0.200. The monoisotopic (exact) mass is 495 g/mol. The Balaban J connectivity index is 1.47. The molecule has 0 fully saturated rings. The zero-order valence-corrected chi connectivity index (χ0v) is 18.6. The number of halogens is 3. The normalized spacial score (nSPS) is 11.4. The standard InChI is InChI=1S/C20H20F3N7O3S/c1-2-32-15-7-3-13(4-8-15)11-25-27-18-28-29-19(30(18)24)34-12-17(31)26-14-5-9-16(10-6-14)33-20(21,22)23/h3-11H,2,12,24H2,1H3,(H,26,31)(H,27,28)/b25-11+. The quantitative estimate of drug-likeness (QED) is 0.169. The molecule has 0 atom stereocenters. The summed E-state index contributed by atoms with van der Waals surface area (Å²) in [6.45, 7) is 2.48. The van der Waals surface area contributed by atoms with E-state index < -0.39 is 12.3 Å². The summed E-state index contributed by atoms with van der Waals surface area (Å²) < 4.78 is 46.9. The number of nitrogens with zero attached hydrogens (tertiary/aromatic N) is 4. The van der Waals surface area contributed by atoms with Gasteiger partial charge in [-0.2, -0.15) is 5.10 Å². The van der Waals surface area contributed by atoms with Gasteiger partial charge in [-0.05, 0) is 61.0 Å². The van der Waals surface area contributed by atoms with E-state index in [9.17, 15) is 18.0 Å². The summed E-state index contributed by atoms with van der Waals surface area (Å²) in [6.07, 6.45) is -3.22. The maximum atomic E-state index is 12.2. The van der Waals surface area contributed by atoms with Crippen molar-refractivity contribution in [1.29, 1.82) is 0 Å². The first kappa shape index (κ1) is 24.7. The summed E-state index contributed by atoms with van der Waals surface area (Å²) in [5.74, 6) is 5.97. The molecule has 180 valence electrons. The van der Waals surface area contributed by atoms with Crippen molar-refractivity contribution in [3.63, 3.8) is 0 Å². The second-order valence-corrected chi connectivity index (χ2v) is 7.40. The molecule has 0 unspecified atom stereocenters. The number of nitrogens with two attached hydrogens (primary N) is 1. The third-order valence-corrected chi connectivity index (χ3v) is 4.88. The lowest BCUT2D eigenvalue weighted by molar-refractivity contribution is -0.274. The highest BCUT2D eigenvalue weighted by Crippen LogP contribution is 2.24. The van der Waals surface area contributed by atoms with Crippen LogP contribution in [-0.2, 0) is 4.79 Å². The number of hydrogen-bond acceptors (Lipinski definition) is 9. The summed E-state index contributed by atoms with van der Waals surface area (Å²) in [5, 5.41) is 14.6. The van der Waals surface area contributed by atoms with Crippen LogP contribution in [0.2, 0.25) is 0 Å². The van der Waals surface area contributed by atoms with E-state index in [0.717, 1.165) is 39.9 Å². The zero-order valence-electron chi connectivity index (χ0n) is 17.7. The Kier molecular flexibility index (Phi) is 8.19. The van der Waals surface area contributed by atoms with Crippen molar-refractivity contribution >= 4 is 35.5 Å². The highest BCUT2D eigenvalue weighted by molar-refractivity contribution is 7.99. The molecule has 0 aliphatic heterocycles. The van der Waals surface area contributed by atoms with Gasteiger partial charge in [-0.25, -0.2) is 10.1 Å². The lowest BCUT2D eigenvalue weighted by atomic mass is 10.2. The molecule has 0 spiro atoms. The number of hydrazone groups is 1. The van der Waals surface area contributed by atoms with Crippen molar-refractivity contribution in [1.82, 2.24) is 14.9 Å². The molecule has 3 rings (SSSR count). The van der Waals surface area contributed by atoms with Crippen LogP contribution in [0.3, 0.4) is 0 Å². The Morgan fingerprint density at radius 3 is 2.47 bits per heavy atom. The van der Waals surface area contributed by atoms with Crippen LogP contribution in [0.1, 0.15) is 12.5 Å². The van der Waals surface area contributed by atoms with Gasteiger partial charge in [0.05, 0.1) is 18.6 Å². The van der Waals surface area contributed by atoms with Crippen LogP contribution >= 0.6 is 11.8 Å². The molecule has 1 amide bonds.